The molecule has 16 heavy (non-hydrogen) atoms. The first-order valence-corrected chi connectivity index (χ1v) is 5.63. The van der Waals surface area contributed by atoms with Gasteiger partial charge in [0.2, 0.25) is 5.91 Å². The van der Waals surface area contributed by atoms with Crippen LogP contribution in [0.25, 0.3) is 0 Å². The number of carboxylic acid groups (broad SMARTS) is 1. The summed E-state index contributed by atoms with van der Waals surface area (Å²) in [5.74, 6) is -0.816. The van der Waals surface area contributed by atoms with Crippen molar-refractivity contribution in [2.24, 2.45) is 5.41 Å². The van der Waals surface area contributed by atoms with Gasteiger partial charge in [-0.05, 0) is 20.3 Å². The quantitative estimate of drug-likeness (QED) is 0.726. The minimum atomic E-state index is -0.826. The van der Waals surface area contributed by atoms with E-state index in [1.54, 1.807) is 13.8 Å². The molecular weight excluding hydrogens is 208 g/mol. The number of piperazine rings is 1. The van der Waals surface area contributed by atoms with Gasteiger partial charge in [0.25, 0.3) is 0 Å². The summed E-state index contributed by atoms with van der Waals surface area (Å²) in [5.41, 5.74) is -0.814. The van der Waals surface area contributed by atoms with E-state index in [1.165, 1.54) is 0 Å². The molecule has 1 atom stereocenters. The van der Waals surface area contributed by atoms with Crippen molar-refractivity contribution in [1.29, 1.82) is 0 Å². The lowest BCUT2D eigenvalue weighted by Gasteiger charge is -2.38. The lowest BCUT2D eigenvalue weighted by atomic mass is 9.91. The van der Waals surface area contributed by atoms with E-state index in [4.69, 9.17) is 5.11 Å². The Kier molecular flexibility index (Phi) is 3.91. The molecule has 0 aromatic heterocycles. The molecule has 0 bridgehead atoms. The minimum absolute atomic E-state index is 0.00920. The second-order valence-corrected chi connectivity index (χ2v) is 4.87. The van der Waals surface area contributed by atoms with Crippen molar-refractivity contribution in [2.75, 3.05) is 19.6 Å². The van der Waals surface area contributed by atoms with Gasteiger partial charge in [-0.25, -0.2) is 0 Å². The van der Waals surface area contributed by atoms with Crippen LogP contribution in [-0.4, -0.2) is 47.6 Å². The van der Waals surface area contributed by atoms with Crippen LogP contribution in [0.15, 0.2) is 0 Å². The molecular formula is C11H20N2O3. The Morgan fingerprint density at radius 3 is 2.75 bits per heavy atom. The predicted molar refractivity (Wildman–Crippen MR) is 60.1 cm³/mol. The van der Waals surface area contributed by atoms with Crippen molar-refractivity contribution in [3.63, 3.8) is 0 Å². The van der Waals surface area contributed by atoms with Crippen molar-refractivity contribution in [2.45, 2.75) is 33.2 Å². The number of carbonyl (C=O) groups excluding carboxylic acids is 1. The second kappa shape index (κ2) is 4.82. The Balaban J connectivity index is 2.71. The second-order valence-electron chi connectivity index (χ2n) is 4.87. The van der Waals surface area contributed by atoms with Crippen LogP contribution >= 0.6 is 0 Å². The first kappa shape index (κ1) is 13.0. The number of hydrogen-bond donors (Lipinski definition) is 2. The van der Waals surface area contributed by atoms with Gasteiger partial charge in [-0.1, -0.05) is 6.92 Å². The smallest absolute Gasteiger partial charge is 0.310 e. The molecule has 5 nitrogen and oxygen atoms in total. The van der Waals surface area contributed by atoms with Crippen molar-refractivity contribution in [3.05, 3.63) is 0 Å². The summed E-state index contributed by atoms with van der Waals surface area (Å²) in [5, 5.41) is 11.9. The molecule has 0 aromatic rings. The van der Waals surface area contributed by atoms with Gasteiger partial charge in [0.05, 0.1) is 11.5 Å². The number of nitrogens with zero attached hydrogens (tertiary/aromatic N) is 1. The van der Waals surface area contributed by atoms with Crippen LogP contribution in [0.1, 0.15) is 27.2 Å². The molecule has 1 aliphatic rings. The summed E-state index contributed by atoms with van der Waals surface area (Å²) in [4.78, 5) is 24.6. The average molecular weight is 228 g/mol. The van der Waals surface area contributed by atoms with Gasteiger partial charge >= 0.3 is 5.97 Å². The van der Waals surface area contributed by atoms with E-state index in [1.807, 2.05) is 11.8 Å². The van der Waals surface area contributed by atoms with Gasteiger partial charge in [-0.2, -0.15) is 0 Å². The molecule has 1 fully saturated rings. The highest BCUT2D eigenvalue weighted by molar-refractivity contribution is 5.82. The van der Waals surface area contributed by atoms with E-state index in [0.717, 1.165) is 6.54 Å². The molecule has 0 radical (unpaired) electrons. The summed E-state index contributed by atoms with van der Waals surface area (Å²) >= 11 is 0. The number of nitrogens with one attached hydrogen (secondary N) is 1. The third kappa shape index (κ3) is 2.72. The SMILES string of the molecule is CCC1C(=O)NCCN1CC(C)(C)C(=O)O. The third-order valence-corrected chi connectivity index (χ3v) is 3.01. The van der Waals surface area contributed by atoms with Crippen LogP contribution in [0, 0.1) is 5.41 Å². The summed E-state index contributed by atoms with van der Waals surface area (Å²) in [7, 11) is 0. The van der Waals surface area contributed by atoms with Gasteiger partial charge in [0.15, 0.2) is 0 Å². The van der Waals surface area contributed by atoms with Crippen molar-refractivity contribution >= 4 is 11.9 Å². The van der Waals surface area contributed by atoms with E-state index in [0.29, 0.717) is 19.5 Å². The molecule has 0 saturated carbocycles. The molecule has 0 aromatic carbocycles. The number of aliphatic carboxylic acids is 1. The maximum Gasteiger partial charge on any atom is 0.310 e. The summed E-state index contributed by atoms with van der Waals surface area (Å²) in [6.07, 6.45) is 0.710. The lowest BCUT2D eigenvalue weighted by molar-refractivity contribution is -0.149. The highest BCUT2D eigenvalue weighted by Gasteiger charge is 2.35. The number of rotatable bonds is 4. The van der Waals surface area contributed by atoms with Crippen LogP contribution in [0.2, 0.25) is 0 Å². The zero-order chi connectivity index (χ0) is 12.3. The maximum atomic E-state index is 11.6. The normalized spacial score (nSPS) is 22.9. The number of carboxylic acids is 1. The monoisotopic (exact) mass is 228 g/mol. The van der Waals surface area contributed by atoms with Crippen LogP contribution in [0.5, 0.6) is 0 Å². The first-order chi connectivity index (χ1) is 7.38. The van der Waals surface area contributed by atoms with E-state index < -0.39 is 11.4 Å². The van der Waals surface area contributed by atoms with Crippen molar-refractivity contribution in [3.8, 4) is 0 Å². The molecule has 0 aliphatic carbocycles. The molecule has 1 amide bonds. The van der Waals surface area contributed by atoms with Gasteiger partial charge in [-0.3, -0.25) is 14.5 Å². The summed E-state index contributed by atoms with van der Waals surface area (Å²) in [6, 6.07) is -0.188. The molecule has 1 saturated heterocycles. The highest BCUT2D eigenvalue weighted by atomic mass is 16.4. The topological polar surface area (TPSA) is 69.6 Å². The zero-order valence-electron chi connectivity index (χ0n) is 10.1. The molecule has 5 heteroatoms. The van der Waals surface area contributed by atoms with Gasteiger partial charge in [0.1, 0.15) is 0 Å². The summed E-state index contributed by atoms with van der Waals surface area (Å²) in [6.45, 7) is 7.06. The first-order valence-electron chi connectivity index (χ1n) is 5.63. The standard InChI is InChI=1S/C11H20N2O3/c1-4-8-9(14)12-5-6-13(8)7-11(2,3)10(15)16/h8H,4-7H2,1-3H3,(H,12,14)(H,15,16). The Hall–Kier alpha value is -1.10. The summed E-state index contributed by atoms with van der Waals surface area (Å²) < 4.78 is 0. The van der Waals surface area contributed by atoms with Crippen LogP contribution in [-0.2, 0) is 9.59 Å². The maximum absolute atomic E-state index is 11.6. The molecule has 2 N–H and O–H groups in total. The van der Waals surface area contributed by atoms with Crippen molar-refractivity contribution in [1.82, 2.24) is 10.2 Å². The molecule has 1 heterocycles. The molecule has 1 unspecified atom stereocenters. The zero-order valence-corrected chi connectivity index (χ0v) is 10.1. The highest BCUT2D eigenvalue weighted by Crippen LogP contribution is 2.20. The average Bonchev–Trinajstić information content (AvgIpc) is 2.17. The lowest BCUT2D eigenvalue weighted by Crippen LogP contribution is -2.57. The Morgan fingerprint density at radius 1 is 1.62 bits per heavy atom. The van der Waals surface area contributed by atoms with E-state index in [-0.39, 0.29) is 11.9 Å². The Labute approximate surface area is 95.8 Å². The molecule has 92 valence electrons. The van der Waals surface area contributed by atoms with Crippen LogP contribution < -0.4 is 5.32 Å². The van der Waals surface area contributed by atoms with Crippen LogP contribution in [0.3, 0.4) is 0 Å². The van der Waals surface area contributed by atoms with Gasteiger partial charge in [-0.15, -0.1) is 0 Å². The third-order valence-electron chi connectivity index (χ3n) is 3.01. The molecule has 1 aliphatic heterocycles. The van der Waals surface area contributed by atoms with Crippen LogP contribution in [0.4, 0.5) is 0 Å². The predicted octanol–water partition coefficient (Wildman–Crippen LogP) is 0.308. The Morgan fingerprint density at radius 2 is 2.25 bits per heavy atom. The fourth-order valence-electron chi connectivity index (χ4n) is 1.97. The number of hydrogen-bond acceptors (Lipinski definition) is 3. The Bertz CT molecular complexity index is 289. The number of carbonyl (C=O) groups is 2. The van der Waals surface area contributed by atoms with E-state index in [9.17, 15) is 9.59 Å². The van der Waals surface area contributed by atoms with E-state index >= 15 is 0 Å². The van der Waals surface area contributed by atoms with E-state index in [2.05, 4.69) is 5.32 Å². The molecule has 0 spiro atoms. The number of amides is 1. The van der Waals surface area contributed by atoms with Gasteiger partial charge in [0, 0.05) is 19.6 Å². The minimum Gasteiger partial charge on any atom is -0.481 e. The van der Waals surface area contributed by atoms with Crippen molar-refractivity contribution < 1.29 is 14.7 Å². The fourth-order valence-corrected chi connectivity index (χ4v) is 1.97. The van der Waals surface area contributed by atoms with Gasteiger partial charge < -0.3 is 10.4 Å². The molecule has 1 rings (SSSR count). The fraction of sp³-hybridized carbons (Fsp3) is 0.818. The largest absolute Gasteiger partial charge is 0.481 e.